The maximum absolute atomic E-state index is 13.7. The Morgan fingerprint density at radius 1 is 1.12 bits per heavy atom. The molecule has 0 unspecified atom stereocenters. The molecule has 1 aliphatic rings. The molecule has 136 valence electrons. The van der Waals surface area contributed by atoms with Crippen molar-refractivity contribution in [2.75, 3.05) is 0 Å². The van der Waals surface area contributed by atoms with Crippen LogP contribution in [-0.2, 0) is 26.5 Å². The van der Waals surface area contributed by atoms with E-state index in [4.69, 9.17) is 9.47 Å². The summed E-state index contributed by atoms with van der Waals surface area (Å²) in [4.78, 5) is 11.9. The Morgan fingerprint density at radius 2 is 1.69 bits per heavy atom. The van der Waals surface area contributed by atoms with Crippen LogP contribution in [0, 0.1) is 5.92 Å². The van der Waals surface area contributed by atoms with E-state index in [1.807, 2.05) is 6.07 Å². The molecule has 0 amide bonds. The minimum atomic E-state index is -4.61. The number of carbonyl (C=O) groups is 1. The maximum atomic E-state index is 13.7. The first-order chi connectivity index (χ1) is 12.3. The van der Waals surface area contributed by atoms with Gasteiger partial charge in [-0.1, -0.05) is 67.6 Å². The number of alkyl halides is 3. The molecule has 6 heteroatoms. The SMILES string of the molecule is C[C@@H]1C(=CC(=O)OCc2ccccc2)O[C@]1(c1ccccc1)C(F)(F)F. The lowest BCUT2D eigenvalue weighted by atomic mass is 9.75. The average molecular weight is 362 g/mol. The van der Waals surface area contributed by atoms with Crippen molar-refractivity contribution in [3.05, 3.63) is 83.6 Å². The predicted octanol–water partition coefficient (Wildman–Crippen LogP) is 4.74. The molecule has 1 saturated heterocycles. The van der Waals surface area contributed by atoms with Crippen molar-refractivity contribution in [2.45, 2.75) is 25.3 Å². The quantitative estimate of drug-likeness (QED) is 0.582. The van der Waals surface area contributed by atoms with Gasteiger partial charge in [0.2, 0.25) is 5.60 Å². The summed E-state index contributed by atoms with van der Waals surface area (Å²) in [5.74, 6) is -1.81. The molecule has 1 aliphatic heterocycles. The molecule has 2 atom stereocenters. The van der Waals surface area contributed by atoms with Crippen LogP contribution in [0.2, 0.25) is 0 Å². The topological polar surface area (TPSA) is 35.5 Å². The number of ether oxygens (including phenoxy) is 2. The number of hydrogen-bond acceptors (Lipinski definition) is 3. The van der Waals surface area contributed by atoms with Crippen molar-refractivity contribution >= 4 is 5.97 Å². The van der Waals surface area contributed by atoms with Crippen molar-refractivity contribution in [3.63, 3.8) is 0 Å². The lowest BCUT2D eigenvalue weighted by Gasteiger charge is -2.50. The van der Waals surface area contributed by atoms with Crippen LogP contribution in [0.5, 0.6) is 0 Å². The highest BCUT2D eigenvalue weighted by Crippen LogP contribution is 2.58. The average Bonchev–Trinajstić information content (AvgIpc) is 2.63. The van der Waals surface area contributed by atoms with Crippen LogP contribution in [0.4, 0.5) is 13.2 Å². The van der Waals surface area contributed by atoms with E-state index in [2.05, 4.69) is 0 Å². The molecule has 26 heavy (non-hydrogen) atoms. The maximum Gasteiger partial charge on any atom is 0.433 e. The van der Waals surface area contributed by atoms with Gasteiger partial charge >= 0.3 is 12.1 Å². The Hall–Kier alpha value is -2.76. The molecular formula is C20H17F3O3. The van der Waals surface area contributed by atoms with E-state index in [-0.39, 0.29) is 17.9 Å². The van der Waals surface area contributed by atoms with E-state index in [0.29, 0.717) is 0 Å². The summed E-state index contributed by atoms with van der Waals surface area (Å²) in [7, 11) is 0. The summed E-state index contributed by atoms with van der Waals surface area (Å²) in [6.45, 7) is 1.43. The highest BCUT2D eigenvalue weighted by molar-refractivity contribution is 5.82. The van der Waals surface area contributed by atoms with Crippen LogP contribution in [-0.4, -0.2) is 12.1 Å². The fourth-order valence-corrected chi connectivity index (χ4v) is 3.01. The highest BCUT2D eigenvalue weighted by atomic mass is 19.4. The van der Waals surface area contributed by atoms with Gasteiger partial charge in [-0.05, 0) is 5.56 Å². The number of benzene rings is 2. The van der Waals surface area contributed by atoms with Crippen LogP contribution in [0.1, 0.15) is 18.1 Å². The Balaban J connectivity index is 1.74. The van der Waals surface area contributed by atoms with Crippen molar-refractivity contribution in [1.82, 2.24) is 0 Å². The summed E-state index contributed by atoms with van der Waals surface area (Å²) < 4.78 is 51.3. The van der Waals surface area contributed by atoms with Gasteiger partial charge in [-0.25, -0.2) is 4.79 Å². The molecule has 3 rings (SSSR count). The van der Waals surface area contributed by atoms with E-state index in [1.54, 1.807) is 30.3 Å². The lowest BCUT2D eigenvalue weighted by molar-refractivity contribution is -0.332. The predicted molar refractivity (Wildman–Crippen MR) is 88.7 cm³/mol. The Kier molecular flexibility index (Phi) is 4.76. The number of hydrogen-bond donors (Lipinski definition) is 0. The number of carbonyl (C=O) groups excluding carboxylic acids is 1. The fourth-order valence-electron chi connectivity index (χ4n) is 3.01. The minimum Gasteiger partial charge on any atom is -0.476 e. The Labute approximate surface area is 149 Å². The van der Waals surface area contributed by atoms with Gasteiger partial charge in [-0.2, -0.15) is 13.2 Å². The van der Waals surface area contributed by atoms with Crippen LogP contribution in [0.15, 0.2) is 72.5 Å². The van der Waals surface area contributed by atoms with Gasteiger partial charge in [-0.3, -0.25) is 0 Å². The van der Waals surface area contributed by atoms with Gasteiger partial charge in [-0.15, -0.1) is 0 Å². The zero-order chi connectivity index (χ0) is 18.8. The first kappa shape index (κ1) is 18.0. The van der Waals surface area contributed by atoms with Crippen LogP contribution in [0.3, 0.4) is 0 Å². The summed E-state index contributed by atoms with van der Waals surface area (Å²) in [5.41, 5.74) is -1.65. The monoisotopic (exact) mass is 362 g/mol. The zero-order valence-corrected chi connectivity index (χ0v) is 14.0. The molecule has 0 N–H and O–H groups in total. The van der Waals surface area contributed by atoms with Crippen molar-refractivity contribution < 1.29 is 27.4 Å². The van der Waals surface area contributed by atoms with E-state index >= 15 is 0 Å². The third-order valence-corrected chi connectivity index (χ3v) is 4.42. The summed E-state index contributed by atoms with van der Waals surface area (Å²) in [6.07, 6.45) is -3.63. The standard InChI is InChI=1S/C20H17F3O3/c1-14-17(12-18(24)25-13-15-8-4-2-5-9-15)26-19(14,20(21,22)23)16-10-6-3-7-11-16/h2-12,14H,13H2,1H3/t14-,19-/m1/s1. The van der Waals surface area contributed by atoms with Gasteiger partial charge in [0.05, 0.1) is 12.0 Å². The molecule has 2 aromatic rings. The third kappa shape index (κ3) is 3.19. The van der Waals surface area contributed by atoms with Gasteiger partial charge in [0.1, 0.15) is 12.4 Å². The fraction of sp³-hybridized carbons (Fsp3) is 0.250. The van der Waals surface area contributed by atoms with E-state index in [0.717, 1.165) is 11.6 Å². The summed E-state index contributed by atoms with van der Waals surface area (Å²) in [5, 5.41) is 0. The largest absolute Gasteiger partial charge is 0.476 e. The summed E-state index contributed by atoms with van der Waals surface area (Å²) in [6, 6.07) is 16.4. The van der Waals surface area contributed by atoms with Gasteiger partial charge < -0.3 is 9.47 Å². The number of rotatable bonds is 4. The van der Waals surface area contributed by atoms with E-state index in [9.17, 15) is 18.0 Å². The van der Waals surface area contributed by atoms with E-state index in [1.165, 1.54) is 31.2 Å². The molecule has 0 bridgehead atoms. The van der Waals surface area contributed by atoms with E-state index < -0.39 is 23.7 Å². The lowest BCUT2D eigenvalue weighted by Crippen LogP contribution is -2.58. The molecule has 0 aliphatic carbocycles. The second kappa shape index (κ2) is 6.86. The van der Waals surface area contributed by atoms with Gasteiger partial charge in [0, 0.05) is 5.56 Å². The number of halogens is 3. The normalized spacial score (nSPS) is 23.8. The van der Waals surface area contributed by atoms with Crippen molar-refractivity contribution in [3.8, 4) is 0 Å². The van der Waals surface area contributed by atoms with Crippen LogP contribution < -0.4 is 0 Å². The van der Waals surface area contributed by atoms with Crippen molar-refractivity contribution in [1.29, 1.82) is 0 Å². The Morgan fingerprint density at radius 3 is 2.23 bits per heavy atom. The first-order valence-electron chi connectivity index (χ1n) is 8.08. The minimum absolute atomic E-state index is 0.00908. The number of esters is 1. The summed E-state index contributed by atoms with van der Waals surface area (Å²) >= 11 is 0. The smallest absolute Gasteiger partial charge is 0.433 e. The van der Waals surface area contributed by atoms with Crippen LogP contribution in [0.25, 0.3) is 0 Å². The van der Waals surface area contributed by atoms with Gasteiger partial charge in [0.15, 0.2) is 0 Å². The van der Waals surface area contributed by atoms with Gasteiger partial charge in [0.25, 0.3) is 0 Å². The second-order valence-electron chi connectivity index (χ2n) is 6.06. The molecule has 0 radical (unpaired) electrons. The molecule has 3 nitrogen and oxygen atoms in total. The third-order valence-electron chi connectivity index (χ3n) is 4.42. The van der Waals surface area contributed by atoms with Crippen LogP contribution >= 0.6 is 0 Å². The molecule has 0 aromatic heterocycles. The Bertz CT molecular complexity index is 800. The zero-order valence-electron chi connectivity index (χ0n) is 14.0. The van der Waals surface area contributed by atoms with Crippen molar-refractivity contribution in [2.24, 2.45) is 5.92 Å². The highest BCUT2D eigenvalue weighted by Gasteiger charge is 2.69. The second-order valence-corrected chi connectivity index (χ2v) is 6.06. The molecular weight excluding hydrogens is 345 g/mol. The molecule has 1 fully saturated rings. The molecule has 2 aromatic carbocycles. The first-order valence-corrected chi connectivity index (χ1v) is 8.08. The molecule has 1 heterocycles. The molecule has 0 spiro atoms. The molecule has 0 saturated carbocycles.